The molecule has 1 aliphatic carbocycles. The first-order valence-corrected chi connectivity index (χ1v) is 9.01. The monoisotopic (exact) mass is 351 g/mol. The van der Waals surface area contributed by atoms with Crippen LogP contribution in [0.15, 0.2) is 68.8 Å². The van der Waals surface area contributed by atoms with Crippen LogP contribution in [0.2, 0.25) is 0 Å². The molecule has 6 heteroatoms. The van der Waals surface area contributed by atoms with Gasteiger partial charge in [-0.25, -0.2) is 9.78 Å². The van der Waals surface area contributed by atoms with E-state index in [1.807, 2.05) is 35.8 Å². The summed E-state index contributed by atoms with van der Waals surface area (Å²) in [5, 5.41) is 3.43. The molecule has 5 nitrogen and oxygen atoms in total. The van der Waals surface area contributed by atoms with Crippen molar-refractivity contribution in [2.75, 3.05) is 5.43 Å². The van der Waals surface area contributed by atoms with Gasteiger partial charge in [0.1, 0.15) is 5.58 Å². The van der Waals surface area contributed by atoms with Crippen molar-refractivity contribution < 1.29 is 4.42 Å². The number of nitrogens with zero attached hydrogens (tertiary/aromatic N) is 1. The molecule has 2 heterocycles. The summed E-state index contributed by atoms with van der Waals surface area (Å²) in [6.45, 7) is 0. The molecule has 0 atom stereocenters. The van der Waals surface area contributed by atoms with E-state index in [2.05, 4.69) is 28.0 Å². The van der Waals surface area contributed by atoms with Crippen molar-refractivity contribution in [1.29, 1.82) is 0 Å². The molecule has 0 radical (unpaired) electrons. The van der Waals surface area contributed by atoms with E-state index in [0.29, 0.717) is 22.0 Å². The maximum atomic E-state index is 12.2. The lowest BCUT2D eigenvalue weighted by atomic mass is 10.0. The molecule has 0 saturated carbocycles. The summed E-state index contributed by atoms with van der Waals surface area (Å²) < 4.78 is 5.37. The smallest absolute Gasteiger partial charge is 0.345 e. The minimum absolute atomic E-state index is 0.375. The summed E-state index contributed by atoms with van der Waals surface area (Å²) in [7, 11) is 0. The van der Waals surface area contributed by atoms with Crippen molar-refractivity contribution >= 4 is 27.4 Å². The second kappa shape index (κ2) is 6.94. The topological polar surface area (TPSA) is 67.2 Å². The number of hydrogen-bond acceptors (Lipinski definition) is 6. The Balaban J connectivity index is 1.52. The van der Waals surface area contributed by atoms with Crippen molar-refractivity contribution in [1.82, 2.24) is 10.4 Å². The van der Waals surface area contributed by atoms with Crippen molar-refractivity contribution in [3.05, 3.63) is 70.1 Å². The van der Waals surface area contributed by atoms with E-state index in [1.54, 1.807) is 6.07 Å². The Bertz CT molecular complexity index is 1020. The fourth-order valence-corrected chi connectivity index (χ4v) is 3.42. The van der Waals surface area contributed by atoms with Crippen molar-refractivity contribution in [3.63, 3.8) is 0 Å². The van der Waals surface area contributed by atoms with E-state index in [4.69, 9.17) is 4.42 Å². The van der Waals surface area contributed by atoms with Crippen LogP contribution in [0.1, 0.15) is 19.3 Å². The largest absolute Gasteiger partial charge is 0.422 e. The molecule has 25 heavy (non-hydrogen) atoms. The Morgan fingerprint density at radius 2 is 2.16 bits per heavy atom. The number of allylic oxidation sites excluding steroid dienone is 3. The normalized spacial score (nSPS) is 15.6. The maximum Gasteiger partial charge on any atom is 0.345 e. The standard InChI is InChI=1S/C19H17N3O2S/c23-18-15(10-14-8-4-5-9-17(14)24-18)16-12-25-19(21-16)22-20-11-13-6-2-1-3-7-13/h1-2,4-5,8-12,20H,3,6-7H2,(H,21,22). The summed E-state index contributed by atoms with van der Waals surface area (Å²) in [5.74, 6) is 0. The molecule has 1 aromatic carbocycles. The highest BCUT2D eigenvalue weighted by atomic mass is 32.1. The van der Waals surface area contributed by atoms with Crippen molar-refractivity contribution in [2.24, 2.45) is 0 Å². The first-order chi connectivity index (χ1) is 12.3. The molecule has 126 valence electrons. The quantitative estimate of drug-likeness (QED) is 0.413. The van der Waals surface area contributed by atoms with Crippen molar-refractivity contribution in [3.8, 4) is 11.3 Å². The lowest BCUT2D eigenvalue weighted by Gasteiger charge is -2.09. The third kappa shape index (κ3) is 3.49. The molecule has 1 aliphatic rings. The zero-order valence-electron chi connectivity index (χ0n) is 13.5. The molecule has 0 aliphatic heterocycles. The van der Waals surface area contributed by atoms with Gasteiger partial charge in [0.2, 0.25) is 5.13 Å². The third-order valence-corrected chi connectivity index (χ3v) is 4.81. The van der Waals surface area contributed by atoms with Gasteiger partial charge in [-0.15, -0.1) is 11.3 Å². The summed E-state index contributed by atoms with van der Waals surface area (Å²) in [5.41, 5.74) is 8.78. The van der Waals surface area contributed by atoms with E-state index < -0.39 is 0 Å². The van der Waals surface area contributed by atoms with Gasteiger partial charge in [-0.3, -0.25) is 5.43 Å². The average Bonchev–Trinajstić information content (AvgIpc) is 3.11. The first kappa shape index (κ1) is 15.7. The predicted molar refractivity (Wildman–Crippen MR) is 101 cm³/mol. The van der Waals surface area contributed by atoms with E-state index in [-0.39, 0.29) is 5.63 Å². The third-order valence-electron chi connectivity index (χ3n) is 4.06. The molecule has 3 aromatic rings. The van der Waals surface area contributed by atoms with Gasteiger partial charge in [0.15, 0.2) is 0 Å². The predicted octanol–water partition coefficient (Wildman–Crippen LogP) is 4.46. The number of nitrogens with one attached hydrogen (secondary N) is 2. The van der Waals surface area contributed by atoms with Crippen LogP contribution in [0.25, 0.3) is 22.2 Å². The Hall–Kier alpha value is -2.86. The number of benzene rings is 1. The van der Waals surface area contributed by atoms with E-state index in [1.165, 1.54) is 16.9 Å². The zero-order valence-corrected chi connectivity index (χ0v) is 14.3. The number of fused-ring (bicyclic) bond motifs is 1. The molecule has 0 unspecified atom stereocenters. The molecule has 0 amide bonds. The molecule has 0 spiro atoms. The molecule has 0 saturated heterocycles. The van der Waals surface area contributed by atoms with Crippen LogP contribution in [0.4, 0.5) is 5.13 Å². The van der Waals surface area contributed by atoms with Crippen LogP contribution < -0.4 is 16.5 Å². The van der Waals surface area contributed by atoms with Crippen LogP contribution in [0, 0.1) is 0 Å². The van der Waals surface area contributed by atoms with E-state index >= 15 is 0 Å². The number of aromatic nitrogens is 1. The lowest BCUT2D eigenvalue weighted by molar-refractivity contribution is 0.563. The fraction of sp³-hybridized carbons (Fsp3) is 0.158. The van der Waals surface area contributed by atoms with Gasteiger partial charge in [-0.05, 0) is 37.0 Å². The number of rotatable bonds is 4. The van der Waals surface area contributed by atoms with Gasteiger partial charge in [-0.1, -0.05) is 30.4 Å². The Morgan fingerprint density at radius 1 is 1.24 bits per heavy atom. The second-order valence-electron chi connectivity index (χ2n) is 5.81. The number of hydrogen-bond donors (Lipinski definition) is 2. The van der Waals surface area contributed by atoms with Gasteiger partial charge < -0.3 is 9.84 Å². The van der Waals surface area contributed by atoms with Gasteiger partial charge in [0.25, 0.3) is 0 Å². The number of hydrazine groups is 1. The molecular formula is C19H17N3O2S. The molecular weight excluding hydrogens is 334 g/mol. The average molecular weight is 351 g/mol. The second-order valence-corrected chi connectivity index (χ2v) is 6.67. The highest BCUT2D eigenvalue weighted by Crippen LogP contribution is 2.25. The van der Waals surface area contributed by atoms with Gasteiger partial charge >= 0.3 is 5.63 Å². The molecule has 0 fully saturated rings. The van der Waals surface area contributed by atoms with Crippen LogP contribution in [-0.4, -0.2) is 4.98 Å². The lowest BCUT2D eigenvalue weighted by Crippen LogP contribution is -2.15. The van der Waals surface area contributed by atoms with Gasteiger partial charge in [-0.2, -0.15) is 0 Å². The summed E-state index contributed by atoms with van der Waals surface area (Å²) >= 11 is 1.44. The molecule has 4 rings (SSSR count). The number of para-hydroxylation sites is 1. The van der Waals surface area contributed by atoms with Crippen LogP contribution in [0.3, 0.4) is 0 Å². The van der Waals surface area contributed by atoms with Crippen molar-refractivity contribution in [2.45, 2.75) is 19.3 Å². The zero-order chi connectivity index (χ0) is 17.1. The number of thiazole rings is 1. The highest BCUT2D eigenvalue weighted by molar-refractivity contribution is 7.14. The number of anilines is 1. The molecule has 0 bridgehead atoms. The highest BCUT2D eigenvalue weighted by Gasteiger charge is 2.11. The van der Waals surface area contributed by atoms with Crippen LogP contribution in [0.5, 0.6) is 0 Å². The fourth-order valence-electron chi connectivity index (χ4n) is 2.75. The van der Waals surface area contributed by atoms with Gasteiger partial charge in [0.05, 0.1) is 11.3 Å². The Morgan fingerprint density at radius 3 is 3.04 bits per heavy atom. The minimum Gasteiger partial charge on any atom is -0.422 e. The van der Waals surface area contributed by atoms with Crippen LogP contribution in [-0.2, 0) is 0 Å². The first-order valence-electron chi connectivity index (χ1n) is 8.13. The van der Waals surface area contributed by atoms with E-state index in [9.17, 15) is 4.79 Å². The molecule has 2 aromatic heterocycles. The molecule has 2 N–H and O–H groups in total. The Labute approximate surface area is 148 Å². The summed E-state index contributed by atoms with van der Waals surface area (Å²) in [4.78, 5) is 16.7. The van der Waals surface area contributed by atoms with Gasteiger partial charge in [0, 0.05) is 17.0 Å². The summed E-state index contributed by atoms with van der Waals surface area (Å²) in [6.07, 6.45) is 9.51. The van der Waals surface area contributed by atoms with E-state index in [0.717, 1.165) is 24.6 Å². The SMILES string of the molecule is O=c1oc2ccccc2cc1-c1csc(NNC=C2CC=CCC2)n1. The minimum atomic E-state index is -0.375. The van der Waals surface area contributed by atoms with Crippen LogP contribution >= 0.6 is 11.3 Å². The Kier molecular flexibility index (Phi) is 4.35. The maximum absolute atomic E-state index is 12.2. The summed E-state index contributed by atoms with van der Waals surface area (Å²) in [6, 6.07) is 9.28.